The molecule has 0 amide bonds. The standard InChI is InChI=1S/C17H14N10/c1-2-4-11-10(3-1)23-13(24-11)8-20-15-14-16(22-9-21-14)27-17(26-15)25-12-7-18-5-6-19-12/h1-7,9H,8H2,(H,23,24)(H3,19,20,21,22,25,26,27). The maximum atomic E-state index is 4.56. The lowest BCUT2D eigenvalue weighted by atomic mass is 10.3. The fourth-order valence-electron chi connectivity index (χ4n) is 2.75. The number of aromatic amines is 2. The minimum Gasteiger partial charge on any atom is -0.361 e. The van der Waals surface area contributed by atoms with E-state index in [1.807, 2.05) is 24.3 Å². The summed E-state index contributed by atoms with van der Waals surface area (Å²) in [4.78, 5) is 32.2. The number of hydrogen-bond donors (Lipinski definition) is 4. The lowest BCUT2D eigenvalue weighted by Gasteiger charge is -2.08. The molecule has 0 bridgehead atoms. The van der Waals surface area contributed by atoms with Gasteiger partial charge in [0.25, 0.3) is 0 Å². The molecule has 10 heteroatoms. The number of benzene rings is 1. The van der Waals surface area contributed by atoms with Gasteiger partial charge in [0.05, 0.1) is 30.1 Å². The van der Waals surface area contributed by atoms with Crippen LogP contribution in [0.5, 0.6) is 0 Å². The molecule has 0 unspecified atom stereocenters. The quantitative estimate of drug-likeness (QED) is 0.376. The lowest BCUT2D eigenvalue weighted by molar-refractivity contribution is 0.996. The summed E-state index contributed by atoms with van der Waals surface area (Å²) in [6.07, 6.45) is 6.37. The van der Waals surface area contributed by atoms with Gasteiger partial charge in [-0.3, -0.25) is 4.98 Å². The van der Waals surface area contributed by atoms with Crippen molar-refractivity contribution in [3.63, 3.8) is 0 Å². The van der Waals surface area contributed by atoms with Gasteiger partial charge in [0.2, 0.25) is 5.95 Å². The van der Waals surface area contributed by atoms with E-state index >= 15 is 0 Å². The second kappa shape index (κ2) is 6.33. The predicted octanol–water partition coefficient (Wildman–Crippen LogP) is 2.37. The molecule has 1 aromatic carbocycles. The lowest BCUT2D eigenvalue weighted by Crippen LogP contribution is -2.07. The molecule has 27 heavy (non-hydrogen) atoms. The number of aromatic nitrogens is 8. The zero-order valence-electron chi connectivity index (χ0n) is 14.0. The van der Waals surface area contributed by atoms with E-state index in [2.05, 4.69) is 50.5 Å². The topological polar surface area (TPSA) is 133 Å². The molecule has 10 nitrogen and oxygen atoms in total. The molecule has 132 valence electrons. The number of imidazole rings is 2. The van der Waals surface area contributed by atoms with Crippen LogP contribution in [0.1, 0.15) is 5.82 Å². The van der Waals surface area contributed by atoms with Crippen molar-refractivity contribution in [1.29, 1.82) is 0 Å². The van der Waals surface area contributed by atoms with Crippen LogP contribution in [-0.4, -0.2) is 39.9 Å². The third-order valence-electron chi connectivity index (χ3n) is 3.95. The van der Waals surface area contributed by atoms with E-state index in [0.717, 1.165) is 22.4 Å². The zero-order valence-corrected chi connectivity index (χ0v) is 14.0. The van der Waals surface area contributed by atoms with Crippen LogP contribution in [0.4, 0.5) is 17.6 Å². The number of hydrogen-bond acceptors (Lipinski definition) is 8. The van der Waals surface area contributed by atoms with Crippen molar-refractivity contribution < 1.29 is 0 Å². The second-order valence-electron chi connectivity index (χ2n) is 5.77. The monoisotopic (exact) mass is 358 g/mol. The van der Waals surface area contributed by atoms with E-state index < -0.39 is 0 Å². The first-order chi connectivity index (χ1) is 13.3. The van der Waals surface area contributed by atoms with Crippen LogP contribution in [0, 0.1) is 0 Å². The number of anilines is 3. The molecular weight excluding hydrogens is 344 g/mol. The number of nitrogens with one attached hydrogen (secondary N) is 4. The molecule has 0 radical (unpaired) electrons. The van der Waals surface area contributed by atoms with Gasteiger partial charge in [0.15, 0.2) is 17.3 Å². The summed E-state index contributed by atoms with van der Waals surface area (Å²) in [6.45, 7) is 0.477. The van der Waals surface area contributed by atoms with E-state index in [-0.39, 0.29) is 0 Å². The van der Waals surface area contributed by atoms with Crippen molar-refractivity contribution in [1.82, 2.24) is 39.9 Å². The van der Waals surface area contributed by atoms with Crippen LogP contribution in [0.25, 0.3) is 22.2 Å². The Morgan fingerprint density at radius 3 is 2.85 bits per heavy atom. The highest BCUT2D eigenvalue weighted by Crippen LogP contribution is 2.21. The molecule has 4 aromatic heterocycles. The fourth-order valence-corrected chi connectivity index (χ4v) is 2.75. The Morgan fingerprint density at radius 1 is 1.00 bits per heavy atom. The van der Waals surface area contributed by atoms with Crippen LogP contribution in [-0.2, 0) is 6.54 Å². The molecule has 4 N–H and O–H groups in total. The second-order valence-corrected chi connectivity index (χ2v) is 5.77. The largest absolute Gasteiger partial charge is 0.361 e. The van der Waals surface area contributed by atoms with E-state index in [4.69, 9.17) is 0 Å². The summed E-state index contributed by atoms with van der Waals surface area (Å²) < 4.78 is 0. The highest BCUT2D eigenvalue weighted by atomic mass is 15.2. The van der Waals surface area contributed by atoms with Gasteiger partial charge in [-0.2, -0.15) is 9.97 Å². The number of H-pyrrole nitrogens is 2. The summed E-state index contributed by atoms with van der Waals surface area (Å²) in [5.74, 6) is 2.35. The number of rotatable bonds is 5. The van der Waals surface area contributed by atoms with E-state index in [1.165, 1.54) is 0 Å². The highest BCUT2D eigenvalue weighted by Gasteiger charge is 2.11. The molecule has 0 aliphatic carbocycles. The summed E-state index contributed by atoms with van der Waals surface area (Å²) in [5, 5.41) is 6.32. The number of fused-ring (bicyclic) bond motifs is 2. The molecule has 0 saturated heterocycles. The Bertz CT molecular complexity index is 1180. The van der Waals surface area contributed by atoms with Crippen molar-refractivity contribution in [2.45, 2.75) is 6.54 Å². The Hall–Kier alpha value is -4.08. The van der Waals surface area contributed by atoms with Crippen molar-refractivity contribution in [3.8, 4) is 0 Å². The third-order valence-corrected chi connectivity index (χ3v) is 3.95. The SMILES string of the molecule is c1ccc2[nH]c(CNc3nc(Nc4cnccn4)nc4nc[nH]c34)nc2c1. The smallest absolute Gasteiger partial charge is 0.232 e. The third kappa shape index (κ3) is 2.99. The van der Waals surface area contributed by atoms with Gasteiger partial charge < -0.3 is 20.6 Å². The minimum absolute atomic E-state index is 0.377. The van der Waals surface area contributed by atoms with E-state index in [9.17, 15) is 0 Å². The highest BCUT2D eigenvalue weighted by molar-refractivity contribution is 5.84. The van der Waals surface area contributed by atoms with Gasteiger partial charge in [-0.25, -0.2) is 15.0 Å². The maximum Gasteiger partial charge on any atom is 0.232 e. The summed E-state index contributed by atoms with van der Waals surface area (Å²) in [6, 6.07) is 7.90. The molecular formula is C17H14N10. The average Bonchev–Trinajstić information content (AvgIpc) is 3.33. The normalized spacial score (nSPS) is 11.1. The molecule has 5 aromatic rings. The molecule has 0 spiro atoms. The van der Waals surface area contributed by atoms with Crippen LogP contribution < -0.4 is 10.6 Å². The Kier molecular flexibility index (Phi) is 3.56. The molecule has 0 atom stereocenters. The van der Waals surface area contributed by atoms with Crippen LogP contribution in [0.3, 0.4) is 0 Å². The Morgan fingerprint density at radius 2 is 1.96 bits per heavy atom. The van der Waals surface area contributed by atoms with Gasteiger partial charge >= 0.3 is 0 Å². The van der Waals surface area contributed by atoms with Crippen molar-refractivity contribution >= 4 is 39.8 Å². The zero-order chi connectivity index (χ0) is 18.1. The van der Waals surface area contributed by atoms with Crippen LogP contribution in [0.2, 0.25) is 0 Å². The first kappa shape index (κ1) is 15.2. The van der Waals surface area contributed by atoms with E-state index in [0.29, 0.717) is 29.8 Å². The van der Waals surface area contributed by atoms with E-state index in [1.54, 1.807) is 24.9 Å². The molecule has 5 rings (SSSR count). The van der Waals surface area contributed by atoms with Gasteiger partial charge in [0, 0.05) is 12.4 Å². The summed E-state index contributed by atoms with van der Waals surface area (Å²) in [7, 11) is 0. The first-order valence-electron chi connectivity index (χ1n) is 8.27. The van der Waals surface area contributed by atoms with Crippen molar-refractivity contribution in [2.24, 2.45) is 0 Å². The van der Waals surface area contributed by atoms with Crippen LogP contribution >= 0.6 is 0 Å². The molecule has 4 heterocycles. The van der Waals surface area contributed by atoms with Crippen LogP contribution in [0.15, 0.2) is 49.2 Å². The van der Waals surface area contributed by atoms with Gasteiger partial charge in [-0.05, 0) is 12.1 Å². The Labute approximate surface area is 152 Å². The van der Waals surface area contributed by atoms with Gasteiger partial charge in [-0.15, -0.1) is 0 Å². The predicted molar refractivity (Wildman–Crippen MR) is 100 cm³/mol. The summed E-state index contributed by atoms with van der Waals surface area (Å²) >= 11 is 0. The van der Waals surface area contributed by atoms with Crippen molar-refractivity contribution in [3.05, 3.63) is 55.0 Å². The van der Waals surface area contributed by atoms with Gasteiger partial charge in [0.1, 0.15) is 11.3 Å². The minimum atomic E-state index is 0.377. The first-order valence-corrected chi connectivity index (χ1v) is 8.27. The number of nitrogens with zero attached hydrogens (tertiary/aromatic N) is 6. The fraction of sp³-hybridized carbons (Fsp3) is 0.0588. The average molecular weight is 358 g/mol. The Balaban J connectivity index is 1.43. The molecule has 0 aliphatic heterocycles. The molecule has 0 aliphatic rings. The number of para-hydroxylation sites is 2. The summed E-state index contributed by atoms with van der Waals surface area (Å²) in [5.41, 5.74) is 3.18. The molecule has 0 fully saturated rings. The van der Waals surface area contributed by atoms with Crippen molar-refractivity contribution in [2.75, 3.05) is 10.6 Å². The van der Waals surface area contributed by atoms with Gasteiger partial charge in [-0.1, -0.05) is 12.1 Å². The maximum absolute atomic E-state index is 4.56. The molecule has 0 saturated carbocycles.